The van der Waals surface area contributed by atoms with Crippen LogP contribution in [0.3, 0.4) is 0 Å². The average molecular weight is 218 g/mol. The van der Waals surface area contributed by atoms with Gasteiger partial charge in [0.1, 0.15) is 0 Å². The summed E-state index contributed by atoms with van der Waals surface area (Å²) < 4.78 is 0. The molecule has 1 saturated heterocycles. The highest BCUT2D eigenvalue weighted by Gasteiger charge is 2.24. The van der Waals surface area contributed by atoms with Gasteiger partial charge >= 0.3 is 0 Å². The molecule has 0 spiro atoms. The Bertz CT molecular complexity index is 184. The molecule has 13 heavy (non-hydrogen) atoms. The molecular weight excluding hydrogens is 200 g/mol. The van der Waals surface area contributed by atoms with Crippen molar-refractivity contribution in [2.24, 2.45) is 5.73 Å². The summed E-state index contributed by atoms with van der Waals surface area (Å²) in [5.74, 6) is 1.24. The predicted octanol–water partition coefficient (Wildman–Crippen LogP) is 1.49. The van der Waals surface area contributed by atoms with E-state index in [4.69, 9.17) is 18.0 Å². The SMILES string of the molecule is CC1SCCN(CCC(N)=S)C1C. The summed E-state index contributed by atoms with van der Waals surface area (Å²) in [5, 5.41) is 0.736. The summed E-state index contributed by atoms with van der Waals surface area (Å²) in [6.45, 7) is 6.79. The Kier molecular flexibility index (Phi) is 4.49. The van der Waals surface area contributed by atoms with Gasteiger partial charge in [-0.3, -0.25) is 4.90 Å². The first-order valence-corrected chi connectivity index (χ1v) is 6.21. The number of rotatable bonds is 3. The number of nitrogens with zero attached hydrogens (tertiary/aromatic N) is 1. The third-order valence-electron chi connectivity index (χ3n) is 2.66. The molecule has 0 radical (unpaired) electrons. The van der Waals surface area contributed by atoms with Gasteiger partial charge in [-0.05, 0) is 6.92 Å². The minimum Gasteiger partial charge on any atom is -0.393 e. The Hall–Kier alpha value is 0.200. The van der Waals surface area contributed by atoms with Crippen molar-refractivity contribution in [2.75, 3.05) is 18.8 Å². The van der Waals surface area contributed by atoms with Crippen molar-refractivity contribution in [3.63, 3.8) is 0 Å². The van der Waals surface area contributed by atoms with Gasteiger partial charge < -0.3 is 5.73 Å². The number of hydrogen-bond acceptors (Lipinski definition) is 3. The molecule has 0 saturated carbocycles. The number of thioether (sulfide) groups is 1. The fourth-order valence-corrected chi connectivity index (χ4v) is 2.82. The van der Waals surface area contributed by atoms with E-state index >= 15 is 0 Å². The Labute approximate surface area is 90.2 Å². The van der Waals surface area contributed by atoms with E-state index in [0.717, 1.165) is 18.2 Å². The highest BCUT2D eigenvalue weighted by atomic mass is 32.2. The Morgan fingerprint density at radius 1 is 1.62 bits per heavy atom. The third-order valence-corrected chi connectivity index (χ3v) is 4.20. The van der Waals surface area contributed by atoms with Crippen LogP contribution in [-0.4, -0.2) is 40.0 Å². The maximum absolute atomic E-state index is 5.49. The van der Waals surface area contributed by atoms with E-state index in [1.165, 1.54) is 12.3 Å². The summed E-state index contributed by atoms with van der Waals surface area (Å²) in [6, 6.07) is 0.660. The van der Waals surface area contributed by atoms with Crippen molar-refractivity contribution in [2.45, 2.75) is 31.6 Å². The second-order valence-corrected chi connectivity index (χ2v) is 5.58. The molecule has 0 bridgehead atoms. The van der Waals surface area contributed by atoms with Gasteiger partial charge in [-0.2, -0.15) is 11.8 Å². The van der Waals surface area contributed by atoms with Crippen molar-refractivity contribution >= 4 is 29.0 Å². The van der Waals surface area contributed by atoms with Crippen LogP contribution >= 0.6 is 24.0 Å². The largest absolute Gasteiger partial charge is 0.393 e. The summed E-state index contributed by atoms with van der Waals surface area (Å²) in [5.41, 5.74) is 5.49. The van der Waals surface area contributed by atoms with Crippen LogP contribution in [0, 0.1) is 0 Å². The van der Waals surface area contributed by atoms with Gasteiger partial charge in [0.15, 0.2) is 0 Å². The van der Waals surface area contributed by atoms with E-state index in [-0.39, 0.29) is 0 Å². The highest BCUT2D eigenvalue weighted by Crippen LogP contribution is 2.23. The van der Waals surface area contributed by atoms with E-state index in [1.807, 2.05) is 0 Å². The second kappa shape index (κ2) is 5.17. The summed E-state index contributed by atoms with van der Waals surface area (Å²) in [6.07, 6.45) is 0.858. The van der Waals surface area contributed by atoms with Crippen LogP contribution in [0.1, 0.15) is 20.3 Å². The molecule has 1 rings (SSSR count). The minimum absolute atomic E-state index is 0.637. The molecule has 1 aliphatic heterocycles. The molecule has 2 N–H and O–H groups in total. The Balaban J connectivity index is 2.35. The molecule has 1 fully saturated rings. The molecule has 76 valence electrons. The molecule has 2 nitrogen and oxygen atoms in total. The second-order valence-electron chi connectivity index (χ2n) is 3.57. The van der Waals surface area contributed by atoms with E-state index in [0.29, 0.717) is 11.0 Å². The molecule has 4 heteroatoms. The van der Waals surface area contributed by atoms with Crippen LogP contribution in [0.25, 0.3) is 0 Å². The van der Waals surface area contributed by atoms with Crippen LogP contribution in [0.2, 0.25) is 0 Å². The topological polar surface area (TPSA) is 29.3 Å². The fraction of sp³-hybridized carbons (Fsp3) is 0.889. The zero-order valence-electron chi connectivity index (χ0n) is 8.32. The molecule has 0 aromatic carbocycles. The van der Waals surface area contributed by atoms with Crippen LogP contribution in [0.15, 0.2) is 0 Å². The Morgan fingerprint density at radius 3 is 2.92 bits per heavy atom. The lowest BCUT2D eigenvalue weighted by Crippen LogP contribution is -2.45. The van der Waals surface area contributed by atoms with E-state index < -0.39 is 0 Å². The molecule has 2 unspecified atom stereocenters. The van der Waals surface area contributed by atoms with E-state index in [9.17, 15) is 0 Å². The minimum atomic E-state index is 0.637. The summed E-state index contributed by atoms with van der Waals surface area (Å²) in [4.78, 5) is 3.12. The number of nitrogens with two attached hydrogens (primary N) is 1. The molecule has 0 aliphatic carbocycles. The van der Waals surface area contributed by atoms with Gasteiger partial charge in [0.05, 0.1) is 4.99 Å². The highest BCUT2D eigenvalue weighted by molar-refractivity contribution is 8.00. The van der Waals surface area contributed by atoms with Crippen molar-refractivity contribution < 1.29 is 0 Å². The fourth-order valence-electron chi connectivity index (χ4n) is 1.56. The average Bonchev–Trinajstić information content (AvgIpc) is 2.07. The predicted molar refractivity (Wildman–Crippen MR) is 64.4 cm³/mol. The first kappa shape index (κ1) is 11.3. The van der Waals surface area contributed by atoms with Crippen LogP contribution < -0.4 is 5.73 Å². The number of hydrogen-bond donors (Lipinski definition) is 1. The maximum atomic E-state index is 5.49. The molecule has 0 aromatic heterocycles. The van der Waals surface area contributed by atoms with Gasteiger partial charge in [0.25, 0.3) is 0 Å². The lowest BCUT2D eigenvalue weighted by molar-refractivity contribution is 0.219. The third kappa shape index (κ3) is 3.44. The zero-order chi connectivity index (χ0) is 9.84. The lowest BCUT2D eigenvalue weighted by atomic mass is 10.2. The van der Waals surface area contributed by atoms with E-state index in [1.54, 1.807) is 0 Å². The summed E-state index contributed by atoms with van der Waals surface area (Å²) >= 11 is 6.94. The molecule has 2 atom stereocenters. The standard InChI is InChI=1S/C9H18N2S2/c1-7-8(2)13-6-5-11(7)4-3-9(10)12/h7-8H,3-6H2,1-2H3,(H2,10,12). The van der Waals surface area contributed by atoms with Crippen molar-refractivity contribution in [1.29, 1.82) is 0 Å². The molecule has 1 heterocycles. The van der Waals surface area contributed by atoms with Gasteiger partial charge in [0, 0.05) is 36.6 Å². The van der Waals surface area contributed by atoms with Gasteiger partial charge in [0.2, 0.25) is 0 Å². The molecular formula is C9H18N2S2. The lowest BCUT2D eigenvalue weighted by Gasteiger charge is -2.37. The molecule has 0 amide bonds. The van der Waals surface area contributed by atoms with Gasteiger partial charge in [-0.25, -0.2) is 0 Å². The quantitative estimate of drug-likeness (QED) is 0.727. The smallest absolute Gasteiger partial charge is 0.0740 e. The number of thiocarbonyl (C=S) groups is 1. The van der Waals surface area contributed by atoms with Crippen LogP contribution in [-0.2, 0) is 0 Å². The summed E-state index contributed by atoms with van der Waals surface area (Å²) in [7, 11) is 0. The van der Waals surface area contributed by atoms with E-state index in [2.05, 4.69) is 30.5 Å². The first-order valence-electron chi connectivity index (χ1n) is 4.75. The molecule has 0 aromatic rings. The van der Waals surface area contributed by atoms with Crippen molar-refractivity contribution in [3.05, 3.63) is 0 Å². The normalized spacial score (nSPS) is 30.3. The van der Waals surface area contributed by atoms with Crippen molar-refractivity contribution in [1.82, 2.24) is 4.90 Å². The zero-order valence-corrected chi connectivity index (χ0v) is 9.96. The maximum Gasteiger partial charge on any atom is 0.0740 e. The first-order chi connectivity index (χ1) is 6.11. The monoisotopic (exact) mass is 218 g/mol. The van der Waals surface area contributed by atoms with Crippen LogP contribution in [0.5, 0.6) is 0 Å². The van der Waals surface area contributed by atoms with Gasteiger partial charge in [-0.15, -0.1) is 0 Å². The van der Waals surface area contributed by atoms with Gasteiger partial charge in [-0.1, -0.05) is 19.1 Å². The van der Waals surface area contributed by atoms with Crippen LogP contribution in [0.4, 0.5) is 0 Å². The van der Waals surface area contributed by atoms with Crippen molar-refractivity contribution in [3.8, 4) is 0 Å². The molecule has 1 aliphatic rings. The Morgan fingerprint density at radius 2 is 2.31 bits per heavy atom.